The summed E-state index contributed by atoms with van der Waals surface area (Å²) in [6, 6.07) is 13.5. The van der Waals surface area contributed by atoms with Gasteiger partial charge in [-0.2, -0.15) is 0 Å². The Kier molecular flexibility index (Phi) is 8.50. The van der Waals surface area contributed by atoms with Gasteiger partial charge >= 0.3 is 0 Å². The molecule has 2 aromatic rings. The summed E-state index contributed by atoms with van der Waals surface area (Å²) in [6.45, 7) is 4.74. The maximum absolute atomic E-state index is 13.9. The van der Waals surface area contributed by atoms with E-state index >= 15 is 0 Å². The number of hydrogen-bond donors (Lipinski definition) is 3. The number of ether oxygens (including phenoxy) is 2. The van der Waals surface area contributed by atoms with Crippen molar-refractivity contribution < 1.29 is 24.2 Å². The molecule has 47 heavy (non-hydrogen) atoms. The second-order valence-electron chi connectivity index (χ2n) is 13.3. The molecule has 12 nitrogen and oxygen atoms in total. The van der Waals surface area contributed by atoms with Gasteiger partial charge in [0.2, 0.25) is 17.7 Å². The Morgan fingerprint density at radius 2 is 1.83 bits per heavy atom. The molecule has 4 N–H and O–H groups in total. The predicted octanol–water partition coefficient (Wildman–Crippen LogP) is 2.71. The second-order valence-corrected chi connectivity index (χ2v) is 13.3. The molecular weight excluding hydrogens is 598 g/mol. The number of nitrogens with zero attached hydrogens (tertiary/aromatic N) is 5. The number of anilines is 2. The number of rotatable bonds is 7. The minimum Gasteiger partial charge on any atom is -0.426 e. The molecule has 2 aromatic carbocycles. The van der Waals surface area contributed by atoms with Crippen LogP contribution in [0, 0.1) is 16.7 Å². The summed E-state index contributed by atoms with van der Waals surface area (Å²) in [5.41, 5.74) is 11.5. The van der Waals surface area contributed by atoms with Gasteiger partial charge in [-0.1, -0.05) is 18.2 Å². The number of nitrogens with one attached hydrogen (secondary N) is 1. The molecule has 7 rings (SSSR count). The Hall–Kier alpha value is -4.26. The molecule has 2 atom stereocenters. The van der Waals surface area contributed by atoms with Crippen LogP contribution in [0.25, 0.3) is 5.57 Å². The van der Waals surface area contributed by atoms with E-state index in [4.69, 9.17) is 20.6 Å². The molecule has 0 bridgehead atoms. The highest BCUT2D eigenvalue weighted by Crippen LogP contribution is 2.43. The van der Waals surface area contributed by atoms with E-state index in [0.29, 0.717) is 68.8 Å². The number of aliphatic hydroxyl groups excluding tert-OH is 1. The first-order valence-electron chi connectivity index (χ1n) is 16.5. The summed E-state index contributed by atoms with van der Waals surface area (Å²) >= 11 is 0. The zero-order chi connectivity index (χ0) is 32.7. The van der Waals surface area contributed by atoms with Crippen LogP contribution in [0.1, 0.15) is 48.8 Å². The summed E-state index contributed by atoms with van der Waals surface area (Å²) in [5, 5.41) is 24.1. The van der Waals surface area contributed by atoms with Crippen LogP contribution in [0.15, 0.2) is 53.6 Å². The minimum absolute atomic E-state index is 0.0869. The highest BCUT2D eigenvalue weighted by atomic mass is 16.6. The normalized spacial score (nSPS) is 25.4. The van der Waals surface area contributed by atoms with E-state index in [1.54, 1.807) is 7.05 Å². The van der Waals surface area contributed by atoms with Crippen LogP contribution in [0.5, 0.6) is 0 Å². The monoisotopic (exact) mass is 641 g/mol. The molecule has 0 aromatic heterocycles. The van der Waals surface area contributed by atoms with Gasteiger partial charge < -0.3 is 35.5 Å². The fourth-order valence-electron chi connectivity index (χ4n) is 7.48. The number of amides is 2. The van der Waals surface area contributed by atoms with Crippen LogP contribution >= 0.6 is 0 Å². The zero-order valence-corrected chi connectivity index (χ0v) is 26.9. The number of nitrogen functional groups attached to an aromatic ring is 1. The van der Waals surface area contributed by atoms with E-state index in [1.165, 1.54) is 10.6 Å². The average molecular weight is 642 g/mol. The number of carbonyl (C=O) groups is 2. The van der Waals surface area contributed by atoms with Crippen molar-refractivity contribution in [2.45, 2.75) is 38.5 Å². The van der Waals surface area contributed by atoms with Crippen LogP contribution < -0.4 is 10.6 Å². The molecule has 0 radical (unpaired) electrons. The Morgan fingerprint density at radius 3 is 2.53 bits per heavy atom. The largest absolute Gasteiger partial charge is 0.426 e. The minimum atomic E-state index is -1.07. The Balaban J connectivity index is 0.937. The van der Waals surface area contributed by atoms with Gasteiger partial charge in [-0.15, -0.1) is 5.10 Å². The molecule has 5 aliphatic rings. The molecule has 1 unspecified atom stereocenters. The fraction of sp³-hybridized carbons (Fsp3) is 0.486. The number of hydrogen-bond acceptors (Lipinski definition) is 10. The van der Waals surface area contributed by atoms with Crippen molar-refractivity contribution >= 4 is 40.4 Å². The zero-order valence-electron chi connectivity index (χ0n) is 26.9. The molecule has 5 aliphatic heterocycles. The lowest BCUT2D eigenvalue weighted by Crippen LogP contribution is -2.43. The Bertz CT molecular complexity index is 1620. The average Bonchev–Trinajstić information content (AvgIpc) is 3.77. The summed E-state index contributed by atoms with van der Waals surface area (Å²) in [6.07, 6.45) is 4.91. The molecule has 12 heteroatoms. The molecule has 0 saturated carbocycles. The van der Waals surface area contributed by atoms with Crippen LogP contribution in [0.4, 0.5) is 11.4 Å². The third-order valence-electron chi connectivity index (χ3n) is 10.4. The lowest BCUT2D eigenvalue weighted by Gasteiger charge is -2.29. The number of hydrazone groups is 1. The molecule has 3 saturated heterocycles. The number of benzene rings is 2. The van der Waals surface area contributed by atoms with Crippen molar-refractivity contribution in [1.82, 2.24) is 14.8 Å². The van der Waals surface area contributed by atoms with Gasteiger partial charge in [-0.3, -0.25) is 14.5 Å². The van der Waals surface area contributed by atoms with Crippen LogP contribution in [-0.4, -0.2) is 109 Å². The molecule has 0 aliphatic carbocycles. The van der Waals surface area contributed by atoms with Gasteiger partial charge in [-0.25, -0.2) is 5.01 Å². The molecule has 3 fully saturated rings. The quantitative estimate of drug-likeness (QED) is 0.309. The van der Waals surface area contributed by atoms with Crippen molar-refractivity contribution in [3.63, 3.8) is 0 Å². The summed E-state index contributed by atoms with van der Waals surface area (Å²) in [7, 11) is 1.65. The lowest BCUT2D eigenvalue weighted by atomic mass is 9.85. The summed E-state index contributed by atoms with van der Waals surface area (Å²) in [4.78, 5) is 33.1. The van der Waals surface area contributed by atoms with Crippen molar-refractivity contribution in [2.75, 3.05) is 70.2 Å². The number of likely N-dealkylation sites (tertiary alicyclic amines) is 1. The van der Waals surface area contributed by atoms with Gasteiger partial charge in [0, 0.05) is 80.6 Å². The SMILES string of the molecule is CN1N=C(c2ccc(C3=CCN(C(=O)CN4CC[C@]5(CCN(c6ccc(N)c(C(=N)C7CCOCC7)c6)C5=O)C4)CC3)cc2)OC1O. The van der Waals surface area contributed by atoms with Gasteiger partial charge in [0.1, 0.15) is 0 Å². The maximum atomic E-state index is 13.9. The molecule has 5 heterocycles. The summed E-state index contributed by atoms with van der Waals surface area (Å²) < 4.78 is 10.8. The lowest BCUT2D eigenvalue weighted by molar-refractivity contribution is -0.132. The molecule has 248 valence electrons. The van der Waals surface area contributed by atoms with Gasteiger partial charge in [0.15, 0.2) is 0 Å². The number of nitrogens with two attached hydrogens (primary N) is 1. The first kappa shape index (κ1) is 31.3. The van der Waals surface area contributed by atoms with Crippen molar-refractivity contribution in [2.24, 2.45) is 16.4 Å². The van der Waals surface area contributed by atoms with Crippen molar-refractivity contribution in [3.8, 4) is 0 Å². The molecular formula is C35H43N7O5. The fourth-order valence-corrected chi connectivity index (χ4v) is 7.48. The second kappa shape index (κ2) is 12.7. The van der Waals surface area contributed by atoms with Crippen molar-refractivity contribution in [3.05, 3.63) is 65.2 Å². The molecule has 1 spiro atoms. The maximum Gasteiger partial charge on any atom is 0.297 e. The topological polar surface area (TPSA) is 148 Å². The van der Waals surface area contributed by atoms with Gasteiger partial charge in [0.25, 0.3) is 6.41 Å². The van der Waals surface area contributed by atoms with E-state index in [0.717, 1.165) is 55.5 Å². The highest BCUT2D eigenvalue weighted by Gasteiger charge is 2.51. The summed E-state index contributed by atoms with van der Waals surface area (Å²) in [5.74, 6) is 0.692. The van der Waals surface area contributed by atoms with Gasteiger partial charge in [0.05, 0.1) is 12.0 Å². The van der Waals surface area contributed by atoms with Gasteiger partial charge in [-0.05, 0) is 80.1 Å². The van der Waals surface area contributed by atoms with E-state index in [1.807, 2.05) is 52.3 Å². The Morgan fingerprint density at radius 1 is 1.09 bits per heavy atom. The highest BCUT2D eigenvalue weighted by molar-refractivity contribution is 6.07. The van der Waals surface area contributed by atoms with E-state index in [-0.39, 0.29) is 17.7 Å². The number of carbonyl (C=O) groups excluding carboxylic acids is 2. The first-order valence-corrected chi connectivity index (χ1v) is 16.5. The first-order chi connectivity index (χ1) is 22.7. The Labute approximate surface area is 274 Å². The van der Waals surface area contributed by atoms with Crippen LogP contribution in [0.2, 0.25) is 0 Å². The molecule has 2 amide bonds. The standard InChI is InChI=1S/C35H43N7O5/c1-39-34(45)47-32(38-39)26-4-2-23(3-5-26)24-8-14-41(15-9-24)30(43)21-40-16-12-35(22-40)13-17-42(33(35)44)27-6-7-29(36)28(20-27)31(37)25-10-18-46-19-11-25/h2-8,20,25,34,37,45H,9-19,21-22,36H2,1H3/t34?,35-/m0/s1. The van der Waals surface area contributed by atoms with Crippen LogP contribution in [-0.2, 0) is 19.1 Å². The third-order valence-corrected chi connectivity index (χ3v) is 10.4. The van der Waals surface area contributed by atoms with E-state index in [2.05, 4.69) is 16.1 Å². The third kappa shape index (κ3) is 6.13. The smallest absolute Gasteiger partial charge is 0.297 e. The van der Waals surface area contributed by atoms with Crippen molar-refractivity contribution in [1.29, 1.82) is 5.41 Å². The van der Waals surface area contributed by atoms with Crippen LogP contribution in [0.3, 0.4) is 0 Å². The number of aliphatic hydroxyl groups is 1. The van der Waals surface area contributed by atoms with E-state index < -0.39 is 11.8 Å². The van der Waals surface area contributed by atoms with E-state index in [9.17, 15) is 14.7 Å². The predicted molar refractivity (Wildman–Crippen MR) is 179 cm³/mol.